The number of ether oxygens (including phenoxy) is 2. The van der Waals surface area contributed by atoms with Crippen LogP contribution in [-0.4, -0.2) is 58.2 Å². The molecule has 0 radical (unpaired) electrons. The number of methoxy groups -OCH3 is 2. The lowest BCUT2D eigenvalue weighted by Crippen LogP contribution is -2.46. The Morgan fingerprint density at radius 2 is 1.78 bits per heavy atom. The first-order chi connectivity index (χ1) is 10.8. The molecule has 0 spiro atoms. The minimum Gasteiger partial charge on any atom is -0.493 e. The van der Waals surface area contributed by atoms with Gasteiger partial charge in [-0.1, -0.05) is 0 Å². The van der Waals surface area contributed by atoms with E-state index >= 15 is 0 Å². The van der Waals surface area contributed by atoms with Gasteiger partial charge in [0.25, 0.3) is 5.91 Å². The van der Waals surface area contributed by atoms with E-state index in [1.807, 2.05) is 0 Å². The van der Waals surface area contributed by atoms with Gasteiger partial charge in [0.05, 0.1) is 20.5 Å². The van der Waals surface area contributed by atoms with Crippen LogP contribution in [0, 0.1) is 0 Å². The Balaban J connectivity index is 1.98. The summed E-state index contributed by atoms with van der Waals surface area (Å²) in [5.74, 6) is 0.848. The molecule has 1 heterocycles. The van der Waals surface area contributed by atoms with Crippen molar-refractivity contribution in [1.82, 2.24) is 9.62 Å². The molecule has 0 saturated carbocycles. The molecular weight excluding hydrogens is 320 g/mol. The van der Waals surface area contributed by atoms with Crippen LogP contribution in [-0.2, 0) is 10.0 Å². The summed E-state index contributed by atoms with van der Waals surface area (Å²) in [6, 6.07) is 4.94. The van der Waals surface area contributed by atoms with E-state index in [0.717, 1.165) is 0 Å². The summed E-state index contributed by atoms with van der Waals surface area (Å²) in [7, 11) is -0.107. The number of amides is 1. The molecule has 1 saturated heterocycles. The summed E-state index contributed by atoms with van der Waals surface area (Å²) >= 11 is 0. The highest BCUT2D eigenvalue weighted by molar-refractivity contribution is 7.88. The number of benzene rings is 1. The second-order valence-electron chi connectivity index (χ2n) is 5.48. The highest BCUT2D eigenvalue weighted by Crippen LogP contribution is 2.27. The smallest absolute Gasteiger partial charge is 0.251 e. The summed E-state index contributed by atoms with van der Waals surface area (Å²) < 4.78 is 34.7. The van der Waals surface area contributed by atoms with Crippen molar-refractivity contribution in [3.63, 3.8) is 0 Å². The first-order valence-corrected chi connectivity index (χ1v) is 9.18. The number of hydrogen-bond donors (Lipinski definition) is 1. The van der Waals surface area contributed by atoms with Crippen LogP contribution in [0.1, 0.15) is 23.2 Å². The topological polar surface area (TPSA) is 84.9 Å². The summed E-state index contributed by atoms with van der Waals surface area (Å²) in [5.41, 5.74) is 0.480. The third-order valence-electron chi connectivity index (χ3n) is 3.90. The van der Waals surface area contributed by atoms with E-state index < -0.39 is 10.0 Å². The highest BCUT2D eigenvalue weighted by Gasteiger charge is 2.26. The molecular formula is C15H22N2O5S. The molecule has 23 heavy (non-hydrogen) atoms. The Morgan fingerprint density at radius 1 is 1.17 bits per heavy atom. The maximum atomic E-state index is 12.3. The van der Waals surface area contributed by atoms with Crippen LogP contribution in [0.15, 0.2) is 18.2 Å². The zero-order chi connectivity index (χ0) is 17.0. The Hall–Kier alpha value is -1.80. The Bertz CT molecular complexity index is 666. The first-order valence-electron chi connectivity index (χ1n) is 7.33. The van der Waals surface area contributed by atoms with Crippen molar-refractivity contribution in [3.8, 4) is 11.5 Å². The predicted octanol–water partition coefficient (Wildman–Crippen LogP) is 0.858. The quantitative estimate of drug-likeness (QED) is 0.858. The number of nitrogens with one attached hydrogen (secondary N) is 1. The van der Waals surface area contributed by atoms with Crippen molar-refractivity contribution in [2.24, 2.45) is 0 Å². The molecule has 1 aliphatic heterocycles. The number of nitrogens with zero attached hydrogens (tertiary/aromatic N) is 1. The normalized spacial score (nSPS) is 16.8. The monoisotopic (exact) mass is 342 g/mol. The number of hydrogen-bond acceptors (Lipinski definition) is 5. The van der Waals surface area contributed by atoms with Crippen LogP contribution >= 0.6 is 0 Å². The molecule has 0 aromatic heterocycles. The number of carbonyl (C=O) groups excluding carboxylic acids is 1. The number of sulfonamides is 1. The van der Waals surface area contributed by atoms with Gasteiger partial charge in [-0.25, -0.2) is 12.7 Å². The van der Waals surface area contributed by atoms with Gasteiger partial charge < -0.3 is 14.8 Å². The summed E-state index contributed by atoms with van der Waals surface area (Å²) in [6.07, 6.45) is 2.41. The second kappa shape index (κ2) is 7.18. The standard InChI is InChI=1S/C15H22N2O5S/c1-21-13-5-4-11(10-14(13)22-2)15(18)16-12-6-8-17(9-7-12)23(3,19)20/h4-5,10,12H,6-9H2,1-3H3,(H,16,18). The van der Waals surface area contributed by atoms with E-state index in [0.29, 0.717) is 43.0 Å². The molecule has 1 aromatic carbocycles. The molecule has 1 aromatic rings. The van der Waals surface area contributed by atoms with E-state index in [1.54, 1.807) is 18.2 Å². The van der Waals surface area contributed by atoms with Crippen molar-refractivity contribution < 1.29 is 22.7 Å². The van der Waals surface area contributed by atoms with Crippen LogP contribution in [0.5, 0.6) is 11.5 Å². The average molecular weight is 342 g/mol. The van der Waals surface area contributed by atoms with Crippen molar-refractivity contribution >= 4 is 15.9 Å². The average Bonchev–Trinajstić information content (AvgIpc) is 2.53. The lowest BCUT2D eigenvalue weighted by Gasteiger charge is -2.30. The van der Waals surface area contributed by atoms with Gasteiger partial charge in [0.1, 0.15) is 0 Å². The lowest BCUT2D eigenvalue weighted by molar-refractivity contribution is 0.0923. The third-order valence-corrected chi connectivity index (χ3v) is 5.21. The molecule has 1 amide bonds. The largest absolute Gasteiger partial charge is 0.493 e. The van der Waals surface area contributed by atoms with E-state index in [4.69, 9.17) is 9.47 Å². The molecule has 128 valence electrons. The van der Waals surface area contributed by atoms with Gasteiger partial charge in [-0.2, -0.15) is 0 Å². The maximum Gasteiger partial charge on any atom is 0.251 e. The van der Waals surface area contributed by atoms with Gasteiger partial charge in [0.2, 0.25) is 10.0 Å². The van der Waals surface area contributed by atoms with Gasteiger partial charge in [-0.15, -0.1) is 0 Å². The fraction of sp³-hybridized carbons (Fsp3) is 0.533. The minimum atomic E-state index is -3.16. The number of rotatable bonds is 5. The zero-order valence-corrected chi connectivity index (χ0v) is 14.4. The Labute approximate surface area is 136 Å². The minimum absolute atomic E-state index is 0.0337. The molecule has 0 unspecified atom stereocenters. The van der Waals surface area contributed by atoms with Crippen LogP contribution < -0.4 is 14.8 Å². The first kappa shape index (κ1) is 17.6. The summed E-state index contributed by atoms with van der Waals surface area (Å²) in [5, 5.41) is 2.94. The Kier molecular flexibility index (Phi) is 5.48. The fourth-order valence-corrected chi connectivity index (χ4v) is 3.45. The van der Waals surface area contributed by atoms with Crippen LogP contribution in [0.25, 0.3) is 0 Å². The summed E-state index contributed by atoms with van der Waals surface area (Å²) in [6.45, 7) is 0.853. The van der Waals surface area contributed by atoms with E-state index in [-0.39, 0.29) is 11.9 Å². The SMILES string of the molecule is COc1ccc(C(=O)NC2CCN(S(C)(=O)=O)CC2)cc1OC. The molecule has 1 aliphatic rings. The van der Waals surface area contributed by atoms with Crippen LogP contribution in [0.2, 0.25) is 0 Å². The van der Waals surface area contributed by atoms with Gasteiger partial charge in [0.15, 0.2) is 11.5 Å². The van der Waals surface area contributed by atoms with Crippen molar-refractivity contribution in [3.05, 3.63) is 23.8 Å². The van der Waals surface area contributed by atoms with Crippen molar-refractivity contribution in [2.75, 3.05) is 33.6 Å². The maximum absolute atomic E-state index is 12.3. The van der Waals surface area contributed by atoms with Gasteiger partial charge in [-0.3, -0.25) is 4.79 Å². The fourth-order valence-electron chi connectivity index (χ4n) is 2.58. The second-order valence-corrected chi connectivity index (χ2v) is 7.46. The molecule has 1 fully saturated rings. The number of piperidine rings is 1. The summed E-state index contributed by atoms with van der Waals surface area (Å²) in [4.78, 5) is 12.3. The van der Waals surface area contributed by atoms with Crippen molar-refractivity contribution in [2.45, 2.75) is 18.9 Å². The molecule has 2 rings (SSSR count). The molecule has 0 aliphatic carbocycles. The van der Waals surface area contributed by atoms with E-state index in [2.05, 4.69) is 5.32 Å². The van der Waals surface area contributed by atoms with E-state index in [9.17, 15) is 13.2 Å². The predicted molar refractivity (Wildman–Crippen MR) is 86.5 cm³/mol. The van der Waals surface area contributed by atoms with Crippen molar-refractivity contribution in [1.29, 1.82) is 0 Å². The van der Waals surface area contributed by atoms with Crippen LogP contribution in [0.4, 0.5) is 0 Å². The van der Waals surface area contributed by atoms with Gasteiger partial charge >= 0.3 is 0 Å². The van der Waals surface area contributed by atoms with Gasteiger partial charge in [-0.05, 0) is 31.0 Å². The highest BCUT2D eigenvalue weighted by atomic mass is 32.2. The zero-order valence-electron chi connectivity index (χ0n) is 13.5. The van der Waals surface area contributed by atoms with E-state index in [1.165, 1.54) is 24.8 Å². The third kappa shape index (κ3) is 4.35. The number of carbonyl (C=O) groups is 1. The molecule has 0 bridgehead atoms. The molecule has 7 nitrogen and oxygen atoms in total. The lowest BCUT2D eigenvalue weighted by atomic mass is 10.1. The molecule has 1 N–H and O–H groups in total. The molecule has 8 heteroatoms. The Morgan fingerprint density at radius 3 is 2.30 bits per heavy atom. The van der Waals surface area contributed by atoms with Crippen LogP contribution in [0.3, 0.4) is 0 Å². The van der Waals surface area contributed by atoms with Gasteiger partial charge in [0, 0.05) is 24.7 Å². The molecule has 0 atom stereocenters.